The average molecular weight is 441 g/mol. The Morgan fingerprint density at radius 3 is 2.71 bits per heavy atom. The molecule has 0 atom stereocenters. The van der Waals surface area contributed by atoms with Crippen LogP contribution in [-0.4, -0.2) is 30.4 Å². The van der Waals surface area contributed by atoms with Crippen molar-refractivity contribution in [1.29, 1.82) is 0 Å². The van der Waals surface area contributed by atoms with Gasteiger partial charge in [-0.05, 0) is 41.8 Å². The number of fused-ring (bicyclic) bond motifs is 1. The van der Waals surface area contributed by atoms with E-state index < -0.39 is 26.4 Å². The van der Waals surface area contributed by atoms with E-state index in [-0.39, 0.29) is 0 Å². The monoisotopic (exact) mass is 441 g/mol. The molecule has 0 amide bonds. The lowest BCUT2D eigenvalue weighted by Gasteiger charge is -2.09. The Kier molecular flexibility index (Phi) is 5.38. The number of hydrogen-bond acceptors (Lipinski definition) is 6. The molecule has 7 nitrogen and oxygen atoms in total. The molecule has 0 saturated heterocycles. The van der Waals surface area contributed by atoms with Gasteiger partial charge in [0.15, 0.2) is 0 Å². The lowest BCUT2D eigenvalue weighted by molar-refractivity contribution is 0.552. The van der Waals surface area contributed by atoms with Crippen LogP contribution in [0, 0.1) is 11.6 Å². The third-order valence-corrected chi connectivity index (χ3v) is 5.93. The standard InChI is InChI=1S/C21H17F2N5O2S/c1-24-20-14(7-9-31(29,30)19-5-3-15(22)10-17(19)23)12-26-21(28-20)27-16-4-2-13-6-8-25-18(13)11-16/h2-12,25H,1H3,(H2,24,26,27,28)/b9-7+. The summed E-state index contributed by atoms with van der Waals surface area (Å²) >= 11 is 0. The summed E-state index contributed by atoms with van der Waals surface area (Å²) in [5.41, 5.74) is 2.10. The van der Waals surface area contributed by atoms with Gasteiger partial charge in [-0.2, -0.15) is 4.98 Å². The molecule has 0 aliphatic rings. The van der Waals surface area contributed by atoms with Gasteiger partial charge in [0.05, 0.1) is 0 Å². The molecule has 10 heteroatoms. The molecule has 31 heavy (non-hydrogen) atoms. The van der Waals surface area contributed by atoms with Gasteiger partial charge in [0.1, 0.15) is 22.3 Å². The van der Waals surface area contributed by atoms with Crippen LogP contribution in [0.1, 0.15) is 5.56 Å². The number of nitrogens with one attached hydrogen (secondary N) is 3. The highest BCUT2D eigenvalue weighted by atomic mass is 32.2. The van der Waals surface area contributed by atoms with E-state index in [4.69, 9.17) is 0 Å². The highest BCUT2D eigenvalue weighted by molar-refractivity contribution is 7.94. The number of H-pyrrole nitrogens is 1. The fraction of sp³-hybridized carbons (Fsp3) is 0.0476. The number of halogens is 2. The molecule has 4 rings (SSSR count). The molecule has 0 aliphatic carbocycles. The van der Waals surface area contributed by atoms with Crippen LogP contribution in [0.25, 0.3) is 17.0 Å². The summed E-state index contributed by atoms with van der Waals surface area (Å²) in [5, 5.41) is 7.86. The SMILES string of the molecule is CNc1nc(Nc2ccc3cc[nH]c3c2)ncc1/C=C/S(=O)(=O)c1ccc(F)cc1F. The van der Waals surface area contributed by atoms with Crippen molar-refractivity contribution in [2.75, 3.05) is 17.7 Å². The van der Waals surface area contributed by atoms with Crippen molar-refractivity contribution < 1.29 is 17.2 Å². The molecular formula is C21H17F2N5O2S. The predicted molar refractivity (Wildman–Crippen MR) is 116 cm³/mol. The van der Waals surface area contributed by atoms with E-state index in [0.29, 0.717) is 23.4 Å². The number of nitrogens with zero attached hydrogens (tertiary/aromatic N) is 2. The molecule has 0 spiro atoms. The Morgan fingerprint density at radius 1 is 1.10 bits per heavy atom. The maximum atomic E-state index is 13.9. The number of anilines is 3. The highest BCUT2D eigenvalue weighted by Crippen LogP contribution is 2.23. The fourth-order valence-electron chi connectivity index (χ4n) is 2.97. The molecule has 158 valence electrons. The zero-order valence-corrected chi connectivity index (χ0v) is 17.0. The minimum atomic E-state index is -4.13. The summed E-state index contributed by atoms with van der Waals surface area (Å²) in [7, 11) is -2.50. The molecule has 0 bridgehead atoms. The Labute approximate surface area is 176 Å². The van der Waals surface area contributed by atoms with Gasteiger partial charge in [-0.25, -0.2) is 22.2 Å². The van der Waals surface area contributed by atoms with Crippen molar-refractivity contribution in [3.05, 3.63) is 77.5 Å². The molecule has 0 radical (unpaired) electrons. The van der Waals surface area contributed by atoms with Crippen LogP contribution < -0.4 is 10.6 Å². The van der Waals surface area contributed by atoms with Crippen LogP contribution in [0.3, 0.4) is 0 Å². The van der Waals surface area contributed by atoms with Gasteiger partial charge in [-0.15, -0.1) is 0 Å². The maximum absolute atomic E-state index is 13.9. The van der Waals surface area contributed by atoms with Crippen molar-refractivity contribution in [2.45, 2.75) is 4.90 Å². The van der Waals surface area contributed by atoms with Gasteiger partial charge in [0.2, 0.25) is 15.8 Å². The first-order valence-corrected chi connectivity index (χ1v) is 10.7. The Hall–Kier alpha value is -3.79. The van der Waals surface area contributed by atoms with E-state index in [1.54, 1.807) is 7.05 Å². The van der Waals surface area contributed by atoms with Gasteiger partial charge in [0, 0.05) is 47.7 Å². The smallest absolute Gasteiger partial charge is 0.229 e. The second kappa shape index (κ2) is 8.15. The van der Waals surface area contributed by atoms with Gasteiger partial charge in [-0.1, -0.05) is 6.07 Å². The number of aromatic amines is 1. The molecule has 4 aromatic rings. The highest BCUT2D eigenvalue weighted by Gasteiger charge is 2.17. The molecule has 3 N–H and O–H groups in total. The molecule has 0 fully saturated rings. The van der Waals surface area contributed by atoms with E-state index in [1.807, 2.05) is 30.5 Å². The first-order valence-electron chi connectivity index (χ1n) is 9.13. The minimum absolute atomic E-state index is 0.305. The van der Waals surface area contributed by atoms with E-state index in [0.717, 1.165) is 34.1 Å². The molecular weight excluding hydrogens is 424 g/mol. The van der Waals surface area contributed by atoms with Crippen LogP contribution in [0.4, 0.5) is 26.2 Å². The Morgan fingerprint density at radius 2 is 1.94 bits per heavy atom. The zero-order chi connectivity index (χ0) is 22.0. The van der Waals surface area contributed by atoms with E-state index in [1.165, 1.54) is 12.3 Å². The van der Waals surface area contributed by atoms with Crippen LogP contribution >= 0.6 is 0 Å². The summed E-state index contributed by atoms with van der Waals surface area (Å²) in [4.78, 5) is 11.1. The number of sulfone groups is 1. The third kappa shape index (κ3) is 4.38. The topological polar surface area (TPSA) is 99.8 Å². The first kappa shape index (κ1) is 20.5. The van der Waals surface area contributed by atoms with Crippen LogP contribution in [0.2, 0.25) is 0 Å². The summed E-state index contributed by atoms with van der Waals surface area (Å²) < 4.78 is 51.7. The quantitative estimate of drug-likeness (QED) is 0.382. The zero-order valence-electron chi connectivity index (χ0n) is 16.2. The lowest BCUT2D eigenvalue weighted by atomic mass is 10.2. The first-order chi connectivity index (χ1) is 14.9. The normalized spacial score (nSPS) is 11.8. The number of rotatable bonds is 6. The second-order valence-electron chi connectivity index (χ2n) is 6.57. The second-order valence-corrected chi connectivity index (χ2v) is 8.38. The predicted octanol–water partition coefficient (Wildman–Crippen LogP) is 4.47. The number of aromatic nitrogens is 3. The van der Waals surface area contributed by atoms with Crippen LogP contribution in [-0.2, 0) is 9.84 Å². The molecule has 0 aliphatic heterocycles. The van der Waals surface area contributed by atoms with Crippen molar-refractivity contribution in [3.63, 3.8) is 0 Å². The molecule has 2 aromatic heterocycles. The summed E-state index contributed by atoms with van der Waals surface area (Å²) in [6.45, 7) is 0. The van der Waals surface area contributed by atoms with E-state index >= 15 is 0 Å². The van der Waals surface area contributed by atoms with Crippen LogP contribution in [0.15, 0.2) is 65.2 Å². The number of benzene rings is 2. The van der Waals surface area contributed by atoms with Gasteiger partial charge >= 0.3 is 0 Å². The van der Waals surface area contributed by atoms with Crippen molar-refractivity contribution in [3.8, 4) is 0 Å². The third-order valence-electron chi connectivity index (χ3n) is 4.49. The largest absolute Gasteiger partial charge is 0.372 e. The van der Waals surface area contributed by atoms with Crippen molar-refractivity contribution in [2.24, 2.45) is 0 Å². The Balaban J connectivity index is 1.59. The summed E-state index contributed by atoms with van der Waals surface area (Å²) in [5.74, 6) is -1.34. The van der Waals surface area contributed by atoms with Gasteiger partial charge in [0.25, 0.3) is 0 Å². The van der Waals surface area contributed by atoms with Gasteiger partial charge in [-0.3, -0.25) is 0 Å². The average Bonchev–Trinajstić information content (AvgIpc) is 3.20. The summed E-state index contributed by atoms with van der Waals surface area (Å²) in [6.07, 6.45) is 4.52. The van der Waals surface area contributed by atoms with Crippen LogP contribution in [0.5, 0.6) is 0 Å². The molecule has 0 saturated carbocycles. The molecule has 2 heterocycles. The van der Waals surface area contributed by atoms with E-state index in [9.17, 15) is 17.2 Å². The molecule has 2 aromatic carbocycles. The number of hydrogen-bond donors (Lipinski definition) is 3. The van der Waals surface area contributed by atoms with Crippen molar-refractivity contribution >= 4 is 44.3 Å². The maximum Gasteiger partial charge on any atom is 0.229 e. The van der Waals surface area contributed by atoms with E-state index in [2.05, 4.69) is 25.6 Å². The Bertz CT molecular complexity index is 1400. The summed E-state index contributed by atoms with van der Waals surface area (Å²) in [6, 6.07) is 10.00. The van der Waals surface area contributed by atoms with Crippen molar-refractivity contribution in [1.82, 2.24) is 15.0 Å². The lowest BCUT2D eigenvalue weighted by Crippen LogP contribution is -2.03. The minimum Gasteiger partial charge on any atom is -0.372 e. The van der Waals surface area contributed by atoms with Gasteiger partial charge < -0.3 is 15.6 Å². The fourth-order valence-corrected chi connectivity index (χ4v) is 4.03. The molecule has 0 unspecified atom stereocenters.